The fourth-order valence-electron chi connectivity index (χ4n) is 1.41. The second-order valence-corrected chi connectivity index (χ2v) is 4.61. The maximum Gasteiger partial charge on any atom is 0.262 e. The summed E-state index contributed by atoms with van der Waals surface area (Å²) in [5, 5.41) is 4.64. The summed E-state index contributed by atoms with van der Waals surface area (Å²) in [6, 6.07) is 1.81. The van der Waals surface area contributed by atoms with E-state index in [2.05, 4.69) is 17.2 Å². The van der Waals surface area contributed by atoms with Crippen LogP contribution in [0.25, 0.3) is 0 Å². The van der Waals surface area contributed by atoms with E-state index >= 15 is 0 Å². The van der Waals surface area contributed by atoms with Gasteiger partial charge in [-0.05, 0) is 11.4 Å². The Kier molecular flexibility index (Phi) is 7.15. The first kappa shape index (κ1) is 15.7. The highest BCUT2D eigenvalue weighted by Crippen LogP contribution is 2.15. The van der Waals surface area contributed by atoms with Crippen LogP contribution in [0, 0.1) is 11.8 Å². The van der Waals surface area contributed by atoms with Gasteiger partial charge in [0.2, 0.25) is 0 Å². The highest BCUT2D eigenvalue weighted by molar-refractivity contribution is 7.12. The number of amides is 1. The summed E-state index contributed by atoms with van der Waals surface area (Å²) in [6.45, 7) is 1.10. The lowest BCUT2D eigenvalue weighted by molar-refractivity contribution is 0.0286. The molecule has 0 bridgehead atoms. The molecule has 0 aliphatic rings. The lowest BCUT2D eigenvalue weighted by Gasteiger charge is -2.14. The Morgan fingerprint density at radius 3 is 3.00 bits per heavy atom. The number of nitrogens with one attached hydrogen (secondary N) is 1. The van der Waals surface area contributed by atoms with Crippen molar-refractivity contribution in [2.24, 2.45) is 5.73 Å². The summed E-state index contributed by atoms with van der Waals surface area (Å²) in [7, 11) is 3.17. The molecule has 6 heteroatoms. The summed E-state index contributed by atoms with van der Waals surface area (Å²) in [6.07, 6.45) is -0.160. The van der Waals surface area contributed by atoms with Crippen molar-refractivity contribution in [1.29, 1.82) is 0 Å². The second kappa shape index (κ2) is 8.67. The molecule has 19 heavy (non-hydrogen) atoms. The van der Waals surface area contributed by atoms with Gasteiger partial charge in [-0.3, -0.25) is 4.79 Å². The molecule has 3 N–H and O–H groups in total. The zero-order valence-electron chi connectivity index (χ0n) is 11.1. The molecule has 0 aromatic carbocycles. The van der Waals surface area contributed by atoms with E-state index in [1.807, 2.05) is 11.4 Å². The summed E-state index contributed by atoms with van der Waals surface area (Å²) in [5.41, 5.74) is 6.02. The van der Waals surface area contributed by atoms with Gasteiger partial charge in [-0.15, -0.1) is 11.3 Å². The smallest absolute Gasteiger partial charge is 0.262 e. The molecule has 0 saturated carbocycles. The lowest BCUT2D eigenvalue weighted by atomic mass is 10.2. The van der Waals surface area contributed by atoms with E-state index in [1.54, 1.807) is 14.2 Å². The molecular weight excluding hydrogens is 264 g/mol. The van der Waals surface area contributed by atoms with Gasteiger partial charge < -0.3 is 20.5 Å². The van der Waals surface area contributed by atoms with Gasteiger partial charge in [0.15, 0.2) is 0 Å². The largest absolute Gasteiger partial charge is 0.382 e. The van der Waals surface area contributed by atoms with Gasteiger partial charge in [0.1, 0.15) is 4.88 Å². The zero-order chi connectivity index (χ0) is 14.1. The van der Waals surface area contributed by atoms with Crippen LogP contribution in [-0.2, 0) is 9.47 Å². The standard InChI is InChI=1S/C13H18N2O3S/c1-17-9-11(18-2)8-15-13(16)12-10(4-3-6-14)5-7-19-12/h5,7,11H,6,8-9,14H2,1-2H3,(H,15,16). The zero-order valence-corrected chi connectivity index (χ0v) is 11.9. The fourth-order valence-corrected chi connectivity index (χ4v) is 2.18. The SMILES string of the molecule is COCC(CNC(=O)c1sccc1C#CCN)OC. The number of hydrogen-bond acceptors (Lipinski definition) is 5. The van der Waals surface area contributed by atoms with Gasteiger partial charge >= 0.3 is 0 Å². The summed E-state index contributed by atoms with van der Waals surface area (Å²) in [4.78, 5) is 12.6. The van der Waals surface area contributed by atoms with E-state index in [0.717, 1.165) is 0 Å². The van der Waals surface area contributed by atoms with Crippen molar-refractivity contribution in [2.75, 3.05) is 33.9 Å². The Labute approximate surface area is 117 Å². The van der Waals surface area contributed by atoms with E-state index in [4.69, 9.17) is 15.2 Å². The number of ether oxygens (including phenoxy) is 2. The third-order valence-electron chi connectivity index (χ3n) is 2.37. The van der Waals surface area contributed by atoms with Gasteiger partial charge in [-0.2, -0.15) is 0 Å². The van der Waals surface area contributed by atoms with Crippen molar-refractivity contribution in [3.8, 4) is 11.8 Å². The first-order valence-electron chi connectivity index (χ1n) is 5.79. The predicted octanol–water partition coefficient (Wildman–Crippen LogP) is 0.450. The van der Waals surface area contributed by atoms with Crippen molar-refractivity contribution in [3.05, 3.63) is 21.9 Å². The van der Waals surface area contributed by atoms with Crippen LogP contribution in [0.15, 0.2) is 11.4 Å². The number of methoxy groups -OCH3 is 2. The molecule has 104 valence electrons. The Bertz CT molecular complexity index is 462. The van der Waals surface area contributed by atoms with Crippen LogP contribution < -0.4 is 11.1 Å². The number of rotatable bonds is 6. The molecule has 1 aromatic rings. The van der Waals surface area contributed by atoms with Crippen molar-refractivity contribution >= 4 is 17.2 Å². The Morgan fingerprint density at radius 2 is 2.37 bits per heavy atom. The van der Waals surface area contributed by atoms with Crippen LogP contribution >= 0.6 is 11.3 Å². The second-order valence-electron chi connectivity index (χ2n) is 3.69. The van der Waals surface area contributed by atoms with Crippen molar-refractivity contribution < 1.29 is 14.3 Å². The number of carbonyl (C=O) groups excluding carboxylic acids is 1. The van der Waals surface area contributed by atoms with Crippen LogP contribution in [0.2, 0.25) is 0 Å². The average Bonchev–Trinajstić information content (AvgIpc) is 2.89. The highest BCUT2D eigenvalue weighted by Gasteiger charge is 2.14. The minimum atomic E-state index is -0.160. The van der Waals surface area contributed by atoms with E-state index in [1.165, 1.54) is 11.3 Å². The molecule has 0 spiro atoms. The van der Waals surface area contributed by atoms with Gasteiger partial charge in [-0.1, -0.05) is 11.8 Å². The van der Waals surface area contributed by atoms with Crippen molar-refractivity contribution in [3.63, 3.8) is 0 Å². The molecule has 5 nitrogen and oxygen atoms in total. The first-order chi connectivity index (χ1) is 9.22. The van der Waals surface area contributed by atoms with E-state index in [-0.39, 0.29) is 18.6 Å². The number of nitrogens with two attached hydrogens (primary N) is 1. The number of hydrogen-bond donors (Lipinski definition) is 2. The van der Waals surface area contributed by atoms with Crippen LogP contribution in [-0.4, -0.2) is 45.9 Å². The van der Waals surface area contributed by atoms with Crippen LogP contribution in [0.4, 0.5) is 0 Å². The number of carbonyl (C=O) groups is 1. The van der Waals surface area contributed by atoms with Crippen molar-refractivity contribution in [1.82, 2.24) is 5.32 Å². The van der Waals surface area contributed by atoms with Crippen LogP contribution in [0.3, 0.4) is 0 Å². The maximum absolute atomic E-state index is 12.0. The van der Waals surface area contributed by atoms with Gasteiger partial charge in [0.25, 0.3) is 5.91 Å². The van der Waals surface area contributed by atoms with Crippen molar-refractivity contribution in [2.45, 2.75) is 6.10 Å². The molecule has 0 fully saturated rings. The maximum atomic E-state index is 12.0. The average molecular weight is 282 g/mol. The minimum absolute atomic E-state index is 0.158. The molecule has 1 rings (SSSR count). The normalized spacial score (nSPS) is 11.5. The van der Waals surface area contributed by atoms with Gasteiger partial charge in [0.05, 0.1) is 19.3 Å². The Hall–Kier alpha value is -1.39. The van der Waals surface area contributed by atoms with Crippen LogP contribution in [0.1, 0.15) is 15.2 Å². The molecule has 1 heterocycles. The van der Waals surface area contributed by atoms with Crippen LogP contribution in [0.5, 0.6) is 0 Å². The number of thiophene rings is 1. The van der Waals surface area contributed by atoms with Gasteiger partial charge in [0, 0.05) is 26.3 Å². The van der Waals surface area contributed by atoms with E-state index in [0.29, 0.717) is 23.6 Å². The minimum Gasteiger partial charge on any atom is -0.382 e. The molecule has 1 aromatic heterocycles. The van der Waals surface area contributed by atoms with E-state index in [9.17, 15) is 4.79 Å². The quantitative estimate of drug-likeness (QED) is 0.743. The molecular formula is C13H18N2O3S. The Morgan fingerprint density at radius 1 is 1.58 bits per heavy atom. The molecule has 1 amide bonds. The fraction of sp³-hybridized carbons (Fsp3) is 0.462. The summed E-state index contributed by atoms with van der Waals surface area (Å²) >= 11 is 1.35. The molecule has 0 saturated heterocycles. The molecule has 0 aliphatic heterocycles. The monoisotopic (exact) mass is 282 g/mol. The highest BCUT2D eigenvalue weighted by atomic mass is 32.1. The topological polar surface area (TPSA) is 73.6 Å². The lowest BCUT2D eigenvalue weighted by Crippen LogP contribution is -2.35. The molecule has 0 radical (unpaired) electrons. The third-order valence-corrected chi connectivity index (χ3v) is 3.29. The van der Waals surface area contributed by atoms with E-state index < -0.39 is 0 Å². The molecule has 1 unspecified atom stereocenters. The predicted molar refractivity (Wildman–Crippen MR) is 75.3 cm³/mol. The summed E-state index contributed by atoms with van der Waals surface area (Å²) < 4.78 is 10.2. The first-order valence-corrected chi connectivity index (χ1v) is 6.67. The Balaban J connectivity index is 2.61. The van der Waals surface area contributed by atoms with Gasteiger partial charge in [-0.25, -0.2) is 0 Å². The molecule has 1 atom stereocenters. The summed E-state index contributed by atoms with van der Waals surface area (Å²) in [5.74, 6) is 5.46. The third kappa shape index (κ3) is 5.01. The molecule has 0 aliphatic carbocycles.